The van der Waals surface area contributed by atoms with Crippen LogP contribution in [-0.2, 0) is 11.3 Å². The molecule has 2 heteroatoms. The van der Waals surface area contributed by atoms with Gasteiger partial charge in [-0.25, -0.2) is 0 Å². The summed E-state index contributed by atoms with van der Waals surface area (Å²) in [5.41, 5.74) is 5.02. The third kappa shape index (κ3) is 2.70. The minimum Gasteiger partial charge on any atom is -0.493 e. The van der Waals surface area contributed by atoms with Crippen LogP contribution in [0.2, 0.25) is 0 Å². The van der Waals surface area contributed by atoms with Crippen molar-refractivity contribution in [2.24, 2.45) is 0 Å². The van der Waals surface area contributed by atoms with Gasteiger partial charge in [-0.3, -0.25) is 0 Å². The van der Waals surface area contributed by atoms with Gasteiger partial charge in [0, 0.05) is 12.0 Å². The molecule has 1 heterocycles. The van der Waals surface area contributed by atoms with E-state index >= 15 is 0 Å². The summed E-state index contributed by atoms with van der Waals surface area (Å²) in [4.78, 5) is 0. The number of benzene rings is 2. The number of rotatable bonds is 3. The van der Waals surface area contributed by atoms with E-state index in [-0.39, 0.29) is 6.10 Å². The predicted octanol–water partition coefficient (Wildman–Crippen LogP) is 4.34. The van der Waals surface area contributed by atoms with Gasteiger partial charge < -0.3 is 9.47 Å². The third-order valence-corrected chi connectivity index (χ3v) is 3.84. The molecule has 0 unspecified atom stereocenters. The summed E-state index contributed by atoms with van der Waals surface area (Å²) in [5, 5.41) is 0. The molecule has 104 valence electrons. The Kier molecular flexibility index (Phi) is 3.75. The summed E-state index contributed by atoms with van der Waals surface area (Å²) in [5.74, 6) is 0.962. The summed E-state index contributed by atoms with van der Waals surface area (Å²) in [7, 11) is 0. The van der Waals surface area contributed by atoms with E-state index in [0.29, 0.717) is 6.61 Å². The number of para-hydroxylation sites is 1. The molecule has 0 saturated carbocycles. The predicted molar refractivity (Wildman–Crippen MR) is 80.0 cm³/mol. The summed E-state index contributed by atoms with van der Waals surface area (Å²) >= 11 is 0. The number of hydrogen-bond donors (Lipinski definition) is 0. The molecule has 0 bridgehead atoms. The number of fused-ring (bicyclic) bond motifs is 1. The highest BCUT2D eigenvalue weighted by atomic mass is 16.5. The maximum absolute atomic E-state index is 6.14. The van der Waals surface area contributed by atoms with Gasteiger partial charge >= 0.3 is 0 Å². The van der Waals surface area contributed by atoms with E-state index in [4.69, 9.17) is 9.47 Å². The lowest BCUT2D eigenvalue weighted by molar-refractivity contribution is 0.0125. The van der Waals surface area contributed by atoms with E-state index in [1.165, 1.54) is 22.3 Å². The largest absolute Gasteiger partial charge is 0.493 e. The topological polar surface area (TPSA) is 18.5 Å². The Morgan fingerprint density at radius 2 is 2.00 bits per heavy atom. The smallest absolute Gasteiger partial charge is 0.125 e. The second-order valence-electron chi connectivity index (χ2n) is 5.40. The van der Waals surface area contributed by atoms with Gasteiger partial charge in [0.15, 0.2) is 0 Å². The first-order valence-electron chi connectivity index (χ1n) is 7.13. The van der Waals surface area contributed by atoms with Gasteiger partial charge in [0.1, 0.15) is 5.75 Å². The van der Waals surface area contributed by atoms with Gasteiger partial charge in [0.05, 0.1) is 19.3 Å². The van der Waals surface area contributed by atoms with Gasteiger partial charge in [-0.15, -0.1) is 0 Å². The maximum Gasteiger partial charge on any atom is 0.125 e. The molecule has 2 nitrogen and oxygen atoms in total. The van der Waals surface area contributed by atoms with Crippen molar-refractivity contribution in [2.45, 2.75) is 33.0 Å². The van der Waals surface area contributed by atoms with E-state index in [1.54, 1.807) is 0 Å². The first kappa shape index (κ1) is 13.2. The van der Waals surface area contributed by atoms with Crippen LogP contribution in [0.25, 0.3) is 0 Å². The second kappa shape index (κ2) is 5.68. The Labute approximate surface area is 120 Å². The Morgan fingerprint density at radius 1 is 1.15 bits per heavy atom. The fraction of sp³-hybridized carbons (Fsp3) is 0.333. The van der Waals surface area contributed by atoms with Crippen molar-refractivity contribution in [1.29, 1.82) is 0 Å². The molecule has 1 aliphatic heterocycles. The molecule has 2 aromatic rings. The average molecular weight is 268 g/mol. The molecule has 0 N–H and O–H groups in total. The highest BCUT2D eigenvalue weighted by molar-refractivity contribution is 5.36. The Bertz CT molecular complexity index is 604. The lowest BCUT2D eigenvalue weighted by atomic mass is 10.0. The molecule has 3 rings (SSSR count). The fourth-order valence-corrected chi connectivity index (χ4v) is 2.68. The van der Waals surface area contributed by atoms with Crippen molar-refractivity contribution < 1.29 is 9.47 Å². The summed E-state index contributed by atoms with van der Waals surface area (Å²) in [6.45, 7) is 5.65. The summed E-state index contributed by atoms with van der Waals surface area (Å²) in [6.07, 6.45) is 1.06. The van der Waals surface area contributed by atoms with Gasteiger partial charge in [0.25, 0.3) is 0 Å². The standard InChI is InChI=1S/C18H20O2/c1-13-7-8-15(14(2)11-13)12-20-18-9-10-19-17-6-4-3-5-16(17)18/h3-8,11,18H,9-10,12H2,1-2H3/t18-/m1/s1. The van der Waals surface area contributed by atoms with Crippen molar-refractivity contribution in [1.82, 2.24) is 0 Å². The summed E-state index contributed by atoms with van der Waals surface area (Å²) < 4.78 is 11.8. The monoisotopic (exact) mass is 268 g/mol. The van der Waals surface area contributed by atoms with E-state index in [2.05, 4.69) is 38.1 Å². The van der Waals surface area contributed by atoms with Crippen LogP contribution in [0.4, 0.5) is 0 Å². The highest BCUT2D eigenvalue weighted by Gasteiger charge is 2.21. The second-order valence-corrected chi connectivity index (χ2v) is 5.40. The van der Waals surface area contributed by atoms with Crippen LogP contribution in [0.1, 0.15) is 34.8 Å². The SMILES string of the molecule is Cc1ccc(CO[C@@H]2CCOc3ccccc32)c(C)c1. The average Bonchev–Trinajstić information content (AvgIpc) is 2.46. The normalized spacial score (nSPS) is 17.4. The first-order chi connectivity index (χ1) is 9.74. The van der Waals surface area contributed by atoms with Crippen molar-refractivity contribution in [3.8, 4) is 5.75 Å². The molecule has 0 amide bonds. The van der Waals surface area contributed by atoms with Gasteiger partial charge in [-0.2, -0.15) is 0 Å². The fourth-order valence-electron chi connectivity index (χ4n) is 2.68. The Balaban J connectivity index is 1.73. The molecule has 0 aromatic heterocycles. The van der Waals surface area contributed by atoms with Gasteiger partial charge in [0.2, 0.25) is 0 Å². The van der Waals surface area contributed by atoms with E-state index < -0.39 is 0 Å². The number of ether oxygens (including phenoxy) is 2. The molecule has 0 saturated heterocycles. The van der Waals surface area contributed by atoms with Crippen LogP contribution < -0.4 is 4.74 Å². The molecule has 0 aliphatic carbocycles. The zero-order valence-corrected chi connectivity index (χ0v) is 12.1. The lowest BCUT2D eigenvalue weighted by Gasteiger charge is -2.26. The van der Waals surface area contributed by atoms with Crippen molar-refractivity contribution in [3.63, 3.8) is 0 Å². The van der Waals surface area contributed by atoms with Crippen LogP contribution in [0.3, 0.4) is 0 Å². The molecule has 2 aromatic carbocycles. The van der Waals surface area contributed by atoms with Gasteiger partial charge in [-0.05, 0) is 31.0 Å². The molecule has 0 fully saturated rings. The van der Waals surface area contributed by atoms with E-state index in [9.17, 15) is 0 Å². The van der Waals surface area contributed by atoms with Crippen molar-refractivity contribution in [2.75, 3.05) is 6.61 Å². The minimum absolute atomic E-state index is 0.139. The van der Waals surface area contributed by atoms with Crippen LogP contribution in [0.5, 0.6) is 5.75 Å². The van der Waals surface area contributed by atoms with Crippen LogP contribution in [-0.4, -0.2) is 6.61 Å². The maximum atomic E-state index is 6.14. The molecule has 1 aliphatic rings. The molecule has 20 heavy (non-hydrogen) atoms. The molecule has 0 spiro atoms. The molecular formula is C18H20O2. The van der Waals surface area contributed by atoms with Crippen LogP contribution in [0.15, 0.2) is 42.5 Å². The highest BCUT2D eigenvalue weighted by Crippen LogP contribution is 2.34. The van der Waals surface area contributed by atoms with Crippen LogP contribution in [0, 0.1) is 13.8 Å². The van der Waals surface area contributed by atoms with Gasteiger partial charge in [-0.1, -0.05) is 42.0 Å². The van der Waals surface area contributed by atoms with Crippen molar-refractivity contribution >= 4 is 0 Å². The zero-order chi connectivity index (χ0) is 13.9. The van der Waals surface area contributed by atoms with E-state index in [0.717, 1.165) is 18.8 Å². The van der Waals surface area contributed by atoms with E-state index in [1.807, 2.05) is 18.2 Å². The molecular weight excluding hydrogens is 248 g/mol. The minimum atomic E-state index is 0.139. The summed E-state index contributed by atoms with van der Waals surface area (Å²) in [6, 6.07) is 14.7. The van der Waals surface area contributed by atoms with Crippen molar-refractivity contribution in [3.05, 3.63) is 64.7 Å². The third-order valence-electron chi connectivity index (χ3n) is 3.84. The van der Waals surface area contributed by atoms with Crippen LogP contribution >= 0.6 is 0 Å². The lowest BCUT2D eigenvalue weighted by Crippen LogP contribution is -2.16. The number of hydrogen-bond acceptors (Lipinski definition) is 2. The Hall–Kier alpha value is -1.80. The Morgan fingerprint density at radius 3 is 2.85 bits per heavy atom. The first-order valence-corrected chi connectivity index (χ1v) is 7.13. The number of aryl methyl sites for hydroxylation is 2. The molecule has 0 radical (unpaired) electrons. The zero-order valence-electron chi connectivity index (χ0n) is 12.1. The molecule has 1 atom stereocenters. The quantitative estimate of drug-likeness (QED) is 0.824.